The summed E-state index contributed by atoms with van der Waals surface area (Å²) in [5, 5.41) is 12.8. The number of hydrogen-bond donors (Lipinski definition) is 2. The number of amides is 1. The highest BCUT2D eigenvalue weighted by atomic mass is 32.2. The minimum Gasteiger partial charge on any atom is -0.391 e. The fourth-order valence-corrected chi connectivity index (χ4v) is 4.57. The third kappa shape index (κ3) is 3.61. The van der Waals surface area contributed by atoms with Gasteiger partial charge in [0.25, 0.3) is 5.91 Å². The first kappa shape index (κ1) is 17.3. The van der Waals surface area contributed by atoms with Gasteiger partial charge in [0.15, 0.2) is 0 Å². The number of benzene rings is 1. The van der Waals surface area contributed by atoms with Crippen molar-refractivity contribution < 1.29 is 18.3 Å². The molecule has 2 N–H and O–H groups in total. The van der Waals surface area contributed by atoms with Gasteiger partial charge < -0.3 is 15.3 Å². The van der Waals surface area contributed by atoms with Crippen LogP contribution in [0.1, 0.15) is 23.2 Å². The Bertz CT molecular complexity index is 684. The number of β-amino-alcohol motifs (C(OH)–C–C–N with tert-alkyl or cyclic N) is 1. The second-order valence-corrected chi connectivity index (χ2v) is 8.16. The van der Waals surface area contributed by atoms with Crippen LogP contribution in [0.3, 0.4) is 0 Å². The minimum absolute atomic E-state index is 0.167. The molecule has 0 aromatic heterocycles. The van der Waals surface area contributed by atoms with Crippen molar-refractivity contribution in [2.75, 3.05) is 39.3 Å². The average Bonchev–Trinajstić information content (AvgIpc) is 2.62. The molecule has 132 valence electrons. The summed E-state index contributed by atoms with van der Waals surface area (Å²) in [6.07, 6.45) is 1.02. The maximum absolute atomic E-state index is 12.6. The van der Waals surface area contributed by atoms with E-state index in [0.717, 1.165) is 6.42 Å². The van der Waals surface area contributed by atoms with Crippen LogP contribution in [0.25, 0.3) is 0 Å². The van der Waals surface area contributed by atoms with Gasteiger partial charge >= 0.3 is 0 Å². The molecule has 8 heteroatoms. The highest BCUT2D eigenvalue weighted by Crippen LogP contribution is 2.19. The van der Waals surface area contributed by atoms with Gasteiger partial charge in [-0.2, -0.15) is 4.31 Å². The van der Waals surface area contributed by atoms with Crippen molar-refractivity contribution in [3.05, 3.63) is 29.8 Å². The summed E-state index contributed by atoms with van der Waals surface area (Å²) >= 11 is 0. The van der Waals surface area contributed by atoms with E-state index in [1.54, 1.807) is 17.0 Å². The maximum Gasteiger partial charge on any atom is 0.253 e. The molecule has 2 aliphatic heterocycles. The monoisotopic (exact) mass is 353 g/mol. The molecule has 24 heavy (non-hydrogen) atoms. The molecule has 0 saturated carbocycles. The van der Waals surface area contributed by atoms with Crippen LogP contribution < -0.4 is 5.32 Å². The molecule has 0 aliphatic carbocycles. The molecule has 1 amide bonds. The first-order valence-corrected chi connectivity index (χ1v) is 9.71. The predicted molar refractivity (Wildman–Crippen MR) is 89.2 cm³/mol. The molecule has 0 radical (unpaired) electrons. The van der Waals surface area contributed by atoms with E-state index in [2.05, 4.69) is 5.32 Å². The Kier molecular flexibility index (Phi) is 5.19. The SMILES string of the molecule is O=C(c1ccc(S(=O)(=O)N2CCNCC2)cc1)N1CCC[C@H](O)C1. The van der Waals surface area contributed by atoms with E-state index in [9.17, 15) is 18.3 Å². The number of hydrogen-bond acceptors (Lipinski definition) is 5. The van der Waals surface area contributed by atoms with Crippen molar-refractivity contribution in [1.29, 1.82) is 0 Å². The Balaban J connectivity index is 1.74. The summed E-state index contributed by atoms with van der Waals surface area (Å²) in [6, 6.07) is 6.09. The van der Waals surface area contributed by atoms with E-state index < -0.39 is 16.1 Å². The van der Waals surface area contributed by atoms with Crippen molar-refractivity contribution >= 4 is 15.9 Å². The Labute approximate surface area is 142 Å². The van der Waals surface area contributed by atoms with Crippen molar-refractivity contribution in [3.8, 4) is 0 Å². The van der Waals surface area contributed by atoms with Crippen LogP contribution in [0, 0.1) is 0 Å². The summed E-state index contributed by atoms with van der Waals surface area (Å²) in [5.74, 6) is -0.167. The maximum atomic E-state index is 12.6. The van der Waals surface area contributed by atoms with Gasteiger partial charge in [-0.25, -0.2) is 8.42 Å². The van der Waals surface area contributed by atoms with E-state index in [0.29, 0.717) is 51.3 Å². The van der Waals surface area contributed by atoms with Crippen LogP contribution >= 0.6 is 0 Å². The van der Waals surface area contributed by atoms with Crippen LogP contribution in [-0.4, -0.2) is 74.0 Å². The second kappa shape index (κ2) is 7.18. The molecule has 1 aromatic carbocycles. The number of likely N-dealkylation sites (tertiary alicyclic amines) is 1. The Morgan fingerprint density at radius 3 is 2.42 bits per heavy atom. The zero-order chi connectivity index (χ0) is 17.2. The van der Waals surface area contributed by atoms with Crippen LogP contribution in [0.5, 0.6) is 0 Å². The van der Waals surface area contributed by atoms with Gasteiger partial charge in [-0.3, -0.25) is 4.79 Å². The number of rotatable bonds is 3. The molecule has 7 nitrogen and oxygen atoms in total. The van der Waals surface area contributed by atoms with E-state index in [1.807, 2.05) is 0 Å². The highest BCUT2D eigenvalue weighted by Gasteiger charge is 2.27. The predicted octanol–water partition coefficient (Wildman–Crippen LogP) is -0.123. The van der Waals surface area contributed by atoms with Gasteiger partial charge in [-0.15, -0.1) is 0 Å². The van der Waals surface area contributed by atoms with Gasteiger partial charge in [-0.05, 0) is 37.1 Å². The van der Waals surface area contributed by atoms with Crippen LogP contribution in [0.4, 0.5) is 0 Å². The Morgan fingerprint density at radius 1 is 1.12 bits per heavy atom. The minimum atomic E-state index is -3.51. The summed E-state index contributed by atoms with van der Waals surface area (Å²) in [7, 11) is -3.51. The van der Waals surface area contributed by atoms with Gasteiger partial charge in [0.1, 0.15) is 0 Å². The fourth-order valence-electron chi connectivity index (χ4n) is 3.13. The summed E-state index contributed by atoms with van der Waals surface area (Å²) in [4.78, 5) is 14.3. The second-order valence-electron chi connectivity index (χ2n) is 6.23. The number of piperazine rings is 1. The standard InChI is InChI=1S/C16H23N3O4S/c20-14-2-1-9-18(12-14)16(21)13-3-5-15(6-4-13)24(22,23)19-10-7-17-8-11-19/h3-6,14,17,20H,1-2,7-12H2/t14-/m0/s1. The molecular weight excluding hydrogens is 330 g/mol. The third-order valence-electron chi connectivity index (χ3n) is 4.50. The molecule has 2 aliphatic rings. The van der Waals surface area contributed by atoms with Crippen molar-refractivity contribution in [2.24, 2.45) is 0 Å². The topological polar surface area (TPSA) is 90.0 Å². The van der Waals surface area contributed by atoms with Crippen LogP contribution in [-0.2, 0) is 10.0 Å². The zero-order valence-electron chi connectivity index (χ0n) is 13.5. The lowest BCUT2D eigenvalue weighted by Gasteiger charge is -2.30. The number of piperidine rings is 1. The van der Waals surface area contributed by atoms with Gasteiger partial charge in [-0.1, -0.05) is 0 Å². The van der Waals surface area contributed by atoms with Gasteiger partial charge in [0.05, 0.1) is 11.0 Å². The van der Waals surface area contributed by atoms with Crippen molar-refractivity contribution in [2.45, 2.75) is 23.8 Å². The van der Waals surface area contributed by atoms with Gasteiger partial charge in [0.2, 0.25) is 10.0 Å². The molecule has 0 bridgehead atoms. The zero-order valence-corrected chi connectivity index (χ0v) is 14.3. The number of carbonyl (C=O) groups excluding carboxylic acids is 1. The average molecular weight is 353 g/mol. The largest absolute Gasteiger partial charge is 0.391 e. The summed E-state index contributed by atoms with van der Waals surface area (Å²) in [6.45, 7) is 3.15. The molecule has 2 fully saturated rings. The van der Waals surface area contributed by atoms with Gasteiger partial charge in [0, 0.05) is 44.8 Å². The number of nitrogens with one attached hydrogen (secondary N) is 1. The molecule has 3 rings (SSSR count). The fraction of sp³-hybridized carbons (Fsp3) is 0.562. The number of carbonyl (C=O) groups is 1. The Hall–Kier alpha value is -1.48. The molecule has 0 spiro atoms. The number of sulfonamides is 1. The molecule has 2 heterocycles. The molecule has 0 unspecified atom stereocenters. The molecule has 1 aromatic rings. The normalized spacial score (nSPS) is 23.2. The molecule has 1 atom stereocenters. The quantitative estimate of drug-likeness (QED) is 0.791. The van der Waals surface area contributed by atoms with Crippen molar-refractivity contribution in [1.82, 2.24) is 14.5 Å². The van der Waals surface area contributed by atoms with Crippen LogP contribution in [0.2, 0.25) is 0 Å². The smallest absolute Gasteiger partial charge is 0.253 e. The van der Waals surface area contributed by atoms with E-state index in [1.165, 1.54) is 16.4 Å². The molecule has 2 saturated heterocycles. The number of aliphatic hydroxyl groups excluding tert-OH is 1. The third-order valence-corrected chi connectivity index (χ3v) is 6.41. The first-order valence-electron chi connectivity index (χ1n) is 8.27. The number of aliphatic hydroxyl groups is 1. The summed E-state index contributed by atoms with van der Waals surface area (Å²) < 4.78 is 26.6. The lowest BCUT2D eigenvalue weighted by atomic mass is 10.1. The Morgan fingerprint density at radius 2 is 1.79 bits per heavy atom. The summed E-state index contributed by atoms with van der Waals surface area (Å²) in [5.41, 5.74) is 0.448. The van der Waals surface area contributed by atoms with E-state index >= 15 is 0 Å². The lowest BCUT2D eigenvalue weighted by Crippen LogP contribution is -2.46. The van der Waals surface area contributed by atoms with Crippen LogP contribution in [0.15, 0.2) is 29.2 Å². The first-order chi connectivity index (χ1) is 11.5. The number of nitrogens with zero attached hydrogens (tertiary/aromatic N) is 2. The van der Waals surface area contributed by atoms with E-state index in [4.69, 9.17) is 0 Å². The molecular formula is C16H23N3O4S. The van der Waals surface area contributed by atoms with Crippen molar-refractivity contribution in [3.63, 3.8) is 0 Å². The van der Waals surface area contributed by atoms with E-state index in [-0.39, 0.29) is 10.8 Å². The highest BCUT2D eigenvalue weighted by molar-refractivity contribution is 7.89. The lowest BCUT2D eigenvalue weighted by molar-refractivity contribution is 0.0473.